The third-order valence-electron chi connectivity index (χ3n) is 3.10. The zero-order valence-corrected chi connectivity index (χ0v) is 21.0. The highest BCUT2D eigenvalue weighted by atomic mass is 35.6. The van der Waals surface area contributed by atoms with Crippen LogP contribution in [-0.2, 0) is 0 Å². The fraction of sp³-hybridized carbons (Fsp3) is 0.333. The minimum Gasteiger partial charge on any atom is -0.530 e. The standard InChI is InChI=1S/C18H26Cl2O4Si3/c1-25(2,19)21-15-7-11-17(12-8-15)23-27(5,6)24-18-13-9-16(10-14-18)22-26(3,4)20/h7-14H,1-6H3. The van der Waals surface area contributed by atoms with Crippen LogP contribution in [0.3, 0.4) is 0 Å². The van der Waals surface area contributed by atoms with E-state index in [1.807, 2.05) is 87.8 Å². The number of hydrogen-bond acceptors (Lipinski definition) is 4. The summed E-state index contributed by atoms with van der Waals surface area (Å²) in [5, 5.41) is 0. The number of rotatable bonds is 8. The van der Waals surface area contributed by atoms with Gasteiger partial charge in [-0.05, 0) is 74.7 Å². The molecule has 0 aliphatic carbocycles. The molecule has 0 saturated carbocycles. The molecule has 4 nitrogen and oxygen atoms in total. The Hall–Kier alpha value is -1.13. The van der Waals surface area contributed by atoms with E-state index in [1.165, 1.54) is 0 Å². The Balaban J connectivity index is 1.98. The molecule has 0 radical (unpaired) electrons. The molecule has 0 aliphatic rings. The molecule has 2 rings (SSSR count). The van der Waals surface area contributed by atoms with Crippen LogP contribution in [-0.4, -0.2) is 23.8 Å². The maximum Gasteiger partial charge on any atom is 0.454 e. The van der Waals surface area contributed by atoms with Crippen LogP contribution in [0.5, 0.6) is 23.0 Å². The second-order valence-electron chi connectivity index (χ2n) is 7.48. The van der Waals surface area contributed by atoms with E-state index in [-0.39, 0.29) is 0 Å². The second kappa shape index (κ2) is 8.48. The van der Waals surface area contributed by atoms with Crippen LogP contribution in [0.25, 0.3) is 0 Å². The zero-order valence-electron chi connectivity index (χ0n) is 16.5. The van der Waals surface area contributed by atoms with Gasteiger partial charge >= 0.3 is 23.8 Å². The summed E-state index contributed by atoms with van der Waals surface area (Å²) < 4.78 is 23.7. The number of halogens is 2. The Kier molecular flexibility index (Phi) is 6.96. The molecule has 148 valence electrons. The number of hydrogen-bond donors (Lipinski definition) is 0. The molecule has 0 fully saturated rings. The summed E-state index contributed by atoms with van der Waals surface area (Å²) in [6.45, 7) is 11.7. The lowest BCUT2D eigenvalue weighted by molar-refractivity contribution is 0.399. The van der Waals surface area contributed by atoms with Crippen LogP contribution < -0.4 is 17.7 Å². The van der Waals surface area contributed by atoms with Gasteiger partial charge in [0.2, 0.25) is 0 Å². The van der Waals surface area contributed by atoms with Crippen molar-refractivity contribution in [1.82, 2.24) is 0 Å². The van der Waals surface area contributed by atoms with E-state index in [2.05, 4.69) is 0 Å². The summed E-state index contributed by atoms with van der Waals surface area (Å²) >= 11 is 12.4. The molecular weight excluding hydrogens is 435 g/mol. The Morgan fingerprint density at radius 1 is 0.481 bits per heavy atom. The van der Waals surface area contributed by atoms with Crippen LogP contribution in [0.1, 0.15) is 0 Å². The molecule has 0 unspecified atom stereocenters. The van der Waals surface area contributed by atoms with Gasteiger partial charge in [0.25, 0.3) is 0 Å². The van der Waals surface area contributed by atoms with Crippen LogP contribution in [0, 0.1) is 0 Å². The van der Waals surface area contributed by atoms with Crippen molar-refractivity contribution in [2.24, 2.45) is 0 Å². The first-order chi connectivity index (χ1) is 12.3. The van der Waals surface area contributed by atoms with Crippen molar-refractivity contribution in [2.45, 2.75) is 39.3 Å². The third kappa shape index (κ3) is 8.61. The summed E-state index contributed by atoms with van der Waals surface area (Å²) in [6, 6.07) is 14.9. The predicted molar refractivity (Wildman–Crippen MR) is 120 cm³/mol. The SMILES string of the molecule is C[Si](C)(Cl)Oc1ccc(O[Si](C)(C)Oc2ccc(O[Si](C)(C)Cl)cc2)cc1. The van der Waals surface area contributed by atoms with Gasteiger partial charge in [0.1, 0.15) is 23.0 Å². The van der Waals surface area contributed by atoms with Crippen molar-refractivity contribution in [1.29, 1.82) is 0 Å². The molecule has 0 N–H and O–H groups in total. The lowest BCUT2D eigenvalue weighted by Gasteiger charge is -2.25. The smallest absolute Gasteiger partial charge is 0.454 e. The van der Waals surface area contributed by atoms with Crippen molar-refractivity contribution in [3.8, 4) is 23.0 Å². The maximum atomic E-state index is 6.21. The van der Waals surface area contributed by atoms with E-state index in [9.17, 15) is 0 Å². The predicted octanol–water partition coefficient (Wildman–Crippen LogP) is 6.49. The molecule has 2 aromatic rings. The molecule has 0 spiro atoms. The van der Waals surface area contributed by atoms with Crippen molar-refractivity contribution in [2.75, 3.05) is 0 Å². The van der Waals surface area contributed by atoms with Gasteiger partial charge in [-0.1, -0.05) is 0 Å². The van der Waals surface area contributed by atoms with E-state index < -0.39 is 23.8 Å². The first-order valence-corrected chi connectivity index (χ1v) is 19.3. The van der Waals surface area contributed by atoms with Crippen LogP contribution >= 0.6 is 22.2 Å². The maximum absolute atomic E-state index is 6.21. The van der Waals surface area contributed by atoms with E-state index in [4.69, 9.17) is 39.9 Å². The Labute approximate surface area is 174 Å². The Morgan fingerprint density at radius 2 is 0.704 bits per heavy atom. The topological polar surface area (TPSA) is 36.9 Å². The van der Waals surface area contributed by atoms with Gasteiger partial charge in [0.15, 0.2) is 0 Å². The highest BCUT2D eigenvalue weighted by Gasteiger charge is 2.29. The van der Waals surface area contributed by atoms with Crippen LogP contribution in [0.2, 0.25) is 39.3 Å². The third-order valence-corrected chi connectivity index (χ3v) is 6.46. The number of benzene rings is 2. The van der Waals surface area contributed by atoms with E-state index in [0.717, 1.165) is 23.0 Å². The first kappa shape index (κ1) is 22.2. The fourth-order valence-corrected chi connectivity index (χ4v) is 5.68. The van der Waals surface area contributed by atoms with Gasteiger partial charge in [0, 0.05) is 13.1 Å². The summed E-state index contributed by atoms with van der Waals surface area (Å²) in [4.78, 5) is 0. The molecule has 0 aromatic heterocycles. The molecule has 0 bridgehead atoms. The zero-order chi connectivity index (χ0) is 20.3. The van der Waals surface area contributed by atoms with E-state index in [1.54, 1.807) is 0 Å². The van der Waals surface area contributed by atoms with Crippen molar-refractivity contribution < 1.29 is 17.7 Å². The van der Waals surface area contributed by atoms with Gasteiger partial charge in [-0.3, -0.25) is 0 Å². The summed E-state index contributed by atoms with van der Waals surface area (Å²) in [6.07, 6.45) is 0. The lowest BCUT2D eigenvalue weighted by Crippen LogP contribution is -2.41. The van der Waals surface area contributed by atoms with Crippen molar-refractivity contribution in [3.05, 3.63) is 48.5 Å². The molecule has 0 aliphatic heterocycles. The highest BCUT2D eigenvalue weighted by Crippen LogP contribution is 2.26. The molecule has 0 atom stereocenters. The summed E-state index contributed by atoms with van der Waals surface area (Å²) in [7, 11) is -6.70. The van der Waals surface area contributed by atoms with Crippen LogP contribution in [0.15, 0.2) is 48.5 Å². The normalized spacial score (nSPS) is 12.4. The minimum absolute atomic E-state index is 0.739. The molecule has 0 heterocycles. The molecule has 2 aromatic carbocycles. The molecule has 0 amide bonds. The first-order valence-electron chi connectivity index (χ1n) is 8.65. The van der Waals surface area contributed by atoms with Gasteiger partial charge in [0.05, 0.1) is 0 Å². The molecule has 9 heteroatoms. The van der Waals surface area contributed by atoms with Crippen molar-refractivity contribution >= 4 is 46.0 Å². The quantitative estimate of drug-likeness (QED) is 0.333. The van der Waals surface area contributed by atoms with Crippen LogP contribution in [0.4, 0.5) is 0 Å². The largest absolute Gasteiger partial charge is 0.530 e. The van der Waals surface area contributed by atoms with Gasteiger partial charge in [-0.15, -0.1) is 22.2 Å². The average molecular weight is 462 g/mol. The highest BCUT2D eigenvalue weighted by molar-refractivity contribution is 7.16. The molecular formula is C18H26Cl2O4Si3. The van der Waals surface area contributed by atoms with Crippen molar-refractivity contribution in [3.63, 3.8) is 0 Å². The van der Waals surface area contributed by atoms with E-state index >= 15 is 0 Å². The molecule has 27 heavy (non-hydrogen) atoms. The Bertz CT molecular complexity index is 676. The average Bonchev–Trinajstić information content (AvgIpc) is 2.48. The van der Waals surface area contributed by atoms with Gasteiger partial charge < -0.3 is 17.7 Å². The Morgan fingerprint density at radius 3 is 0.926 bits per heavy atom. The summed E-state index contributed by atoms with van der Waals surface area (Å²) in [5.41, 5.74) is 0. The minimum atomic E-state index is -2.43. The summed E-state index contributed by atoms with van der Waals surface area (Å²) in [5.74, 6) is 2.97. The molecule has 0 saturated heterocycles. The van der Waals surface area contributed by atoms with Gasteiger partial charge in [-0.25, -0.2) is 0 Å². The lowest BCUT2D eigenvalue weighted by atomic mass is 10.3. The van der Waals surface area contributed by atoms with Gasteiger partial charge in [-0.2, -0.15) is 0 Å². The van der Waals surface area contributed by atoms with E-state index in [0.29, 0.717) is 0 Å². The second-order valence-corrected chi connectivity index (χ2v) is 22.0. The monoisotopic (exact) mass is 460 g/mol. The fourth-order valence-electron chi connectivity index (χ4n) is 2.30.